The third-order valence-electron chi connectivity index (χ3n) is 1.72. The molecule has 0 atom stereocenters. The Labute approximate surface area is 74.2 Å². The Morgan fingerprint density at radius 1 is 1.54 bits per heavy atom. The normalized spacial score (nSPS) is 10.2. The van der Waals surface area contributed by atoms with E-state index in [2.05, 4.69) is 10.1 Å². The zero-order chi connectivity index (χ0) is 9.26. The molecule has 0 fully saturated rings. The minimum absolute atomic E-state index is 0.375. The average molecular weight is 176 g/mol. The Balaban J connectivity index is 2.52. The number of aromatic amines is 1. The van der Waals surface area contributed by atoms with Crippen LogP contribution in [0, 0.1) is 0 Å². The van der Waals surface area contributed by atoms with Crippen LogP contribution in [-0.4, -0.2) is 20.7 Å². The summed E-state index contributed by atoms with van der Waals surface area (Å²) in [4.78, 5) is 13.8. The summed E-state index contributed by atoms with van der Waals surface area (Å²) in [6.07, 6.45) is 5.02. The number of H-pyrrole nitrogens is 1. The number of rotatable bonds is 2. The topological polar surface area (TPSA) is 76.7 Å². The Bertz CT molecular complexity index is 415. The Morgan fingerprint density at radius 3 is 3.00 bits per heavy atom. The fourth-order valence-corrected chi connectivity index (χ4v) is 1.14. The summed E-state index contributed by atoms with van der Waals surface area (Å²) in [6, 6.07) is 3.38. The molecule has 2 rings (SSSR count). The van der Waals surface area contributed by atoms with Gasteiger partial charge in [0, 0.05) is 12.4 Å². The van der Waals surface area contributed by atoms with Crippen molar-refractivity contribution in [3.63, 3.8) is 0 Å². The molecule has 0 bridgehead atoms. The number of primary amides is 1. The molecule has 3 N–H and O–H groups in total. The van der Waals surface area contributed by atoms with Gasteiger partial charge in [0.05, 0.1) is 11.9 Å². The molecule has 0 aliphatic rings. The van der Waals surface area contributed by atoms with Crippen LogP contribution in [0.4, 0.5) is 0 Å². The number of nitrogens with two attached hydrogens (primary N) is 1. The number of hydrogen-bond acceptors (Lipinski definition) is 2. The highest BCUT2D eigenvalue weighted by Gasteiger charge is 2.09. The van der Waals surface area contributed by atoms with Gasteiger partial charge in [-0.1, -0.05) is 0 Å². The fraction of sp³-hybridized carbons (Fsp3) is 0. The third kappa shape index (κ3) is 1.20. The molecule has 66 valence electrons. The standard InChI is InChI=1S/C8H8N4O/c9-8(13)7-2-4-11-12(7)6-1-3-10-5-6/h1-5,10H,(H2,9,13). The van der Waals surface area contributed by atoms with E-state index in [4.69, 9.17) is 5.73 Å². The van der Waals surface area contributed by atoms with Gasteiger partial charge < -0.3 is 10.7 Å². The predicted octanol–water partition coefficient (Wildman–Crippen LogP) is 0.299. The highest BCUT2D eigenvalue weighted by Crippen LogP contribution is 2.07. The molecule has 0 aliphatic heterocycles. The van der Waals surface area contributed by atoms with E-state index in [-0.39, 0.29) is 0 Å². The number of amides is 1. The van der Waals surface area contributed by atoms with E-state index in [1.165, 1.54) is 10.9 Å². The Hall–Kier alpha value is -2.04. The monoisotopic (exact) mass is 176 g/mol. The lowest BCUT2D eigenvalue weighted by atomic mass is 10.4. The molecule has 0 spiro atoms. The number of aromatic nitrogens is 3. The molecule has 0 aromatic carbocycles. The molecular formula is C8H8N4O. The second-order valence-corrected chi connectivity index (χ2v) is 2.56. The van der Waals surface area contributed by atoms with Crippen molar-refractivity contribution in [2.45, 2.75) is 0 Å². The average Bonchev–Trinajstić information content (AvgIpc) is 2.74. The quantitative estimate of drug-likeness (QED) is 0.690. The van der Waals surface area contributed by atoms with Gasteiger partial charge in [0.1, 0.15) is 5.69 Å². The predicted molar refractivity (Wildman–Crippen MR) is 46.4 cm³/mol. The van der Waals surface area contributed by atoms with Crippen molar-refractivity contribution in [1.82, 2.24) is 14.8 Å². The van der Waals surface area contributed by atoms with E-state index in [1.54, 1.807) is 24.5 Å². The van der Waals surface area contributed by atoms with Gasteiger partial charge in [-0.2, -0.15) is 5.10 Å². The third-order valence-corrected chi connectivity index (χ3v) is 1.72. The maximum Gasteiger partial charge on any atom is 0.267 e. The molecule has 2 heterocycles. The van der Waals surface area contributed by atoms with Crippen LogP contribution >= 0.6 is 0 Å². The van der Waals surface area contributed by atoms with E-state index in [0.29, 0.717) is 5.69 Å². The van der Waals surface area contributed by atoms with Gasteiger partial charge in [0.25, 0.3) is 5.91 Å². The number of hydrogen-bond donors (Lipinski definition) is 2. The van der Waals surface area contributed by atoms with Gasteiger partial charge in [0.15, 0.2) is 0 Å². The molecule has 2 aromatic heterocycles. The van der Waals surface area contributed by atoms with E-state index in [1.807, 2.05) is 0 Å². The smallest absolute Gasteiger partial charge is 0.267 e. The van der Waals surface area contributed by atoms with Crippen molar-refractivity contribution >= 4 is 5.91 Å². The van der Waals surface area contributed by atoms with Crippen molar-refractivity contribution in [2.24, 2.45) is 5.73 Å². The number of nitrogens with one attached hydrogen (secondary N) is 1. The van der Waals surface area contributed by atoms with Crippen LogP contribution in [-0.2, 0) is 0 Å². The zero-order valence-corrected chi connectivity index (χ0v) is 6.77. The maximum absolute atomic E-state index is 10.9. The van der Waals surface area contributed by atoms with Crippen molar-refractivity contribution in [2.75, 3.05) is 0 Å². The van der Waals surface area contributed by atoms with E-state index in [9.17, 15) is 4.79 Å². The van der Waals surface area contributed by atoms with Gasteiger partial charge in [-0.25, -0.2) is 4.68 Å². The van der Waals surface area contributed by atoms with Crippen LogP contribution in [0.2, 0.25) is 0 Å². The van der Waals surface area contributed by atoms with Crippen LogP contribution in [0.25, 0.3) is 5.69 Å². The second-order valence-electron chi connectivity index (χ2n) is 2.56. The van der Waals surface area contributed by atoms with E-state index < -0.39 is 5.91 Å². The van der Waals surface area contributed by atoms with Gasteiger partial charge in [-0.15, -0.1) is 0 Å². The Kier molecular flexibility index (Phi) is 1.63. The summed E-state index contributed by atoms with van der Waals surface area (Å²) < 4.78 is 1.48. The summed E-state index contributed by atoms with van der Waals surface area (Å²) in [7, 11) is 0. The van der Waals surface area contributed by atoms with Crippen LogP contribution in [0.5, 0.6) is 0 Å². The lowest BCUT2D eigenvalue weighted by Crippen LogP contribution is -2.16. The first-order valence-electron chi connectivity index (χ1n) is 3.76. The number of carbonyl (C=O) groups excluding carboxylic acids is 1. The molecule has 5 nitrogen and oxygen atoms in total. The molecule has 2 aromatic rings. The van der Waals surface area contributed by atoms with E-state index in [0.717, 1.165) is 5.69 Å². The van der Waals surface area contributed by atoms with Crippen molar-refractivity contribution in [3.05, 3.63) is 36.4 Å². The molecule has 13 heavy (non-hydrogen) atoms. The molecule has 0 aliphatic carbocycles. The summed E-state index contributed by atoms with van der Waals surface area (Å²) in [5.41, 5.74) is 6.32. The lowest BCUT2D eigenvalue weighted by molar-refractivity contribution is 0.0993. The molecule has 0 saturated carbocycles. The summed E-state index contributed by atoms with van der Waals surface area (Å²) >= 11 is 0. The maximum atomic E-state index is 10.9. The SMILES string of the molecule is NC(=O)c1ccnn1-c1cc[nH]c1. The van der Waals surface area contributed by atoms with E-state index >= 15 is 0 Å². The second kappa shape index (κ2) is 2.78. The summed E-state index contributed by atoms with van der Waals surface area (Å²) in [6.45, 7) is 0. The fourth-order valence-electron chi connectivity index (χ4n) is 1.14. The van der Waals surface area contributed by atoms with Crippen LogP contribution in [0.15, 0.2) is 30.7 Å². The summed E-state index contributed by atoms with van der Waals surface area (Å²) in [5, 5.41) is 3.98. The minimum Gasteiger partial charge on any atom is -0.366 e. The Morgan fingerprint density at radius 2 is 2.38 bits per heavy atom. The van der Waals surface area contributed by atoms with Crippen molar-refractivity contribution in [3.8, 4) is 5.69 Å². The summed E-state index contributed by atoms with van der Waals surface area (Å²) in [5.74, 6) is -0.487. The minimum atomic E-state index is -0.487. The molecular weight excluding hydrogens is 168 g/mol. The molecule has 5 heteroatoms. The van der Waals surface area contributed by atoms with Gasteiger partial charge in [-0.05, 0) is 12.1 Å². The van der Waals surface area contributed by atoms with Gasteiger partial charge >= 0.3 is 0 Å². The first-order valence-corrected chi connectivity index (χ1v) is 3.76. The first-order chi connectivity index (χ1) is 6.29. The highest BCUT2D eigenvalue weighted by molar-refractivity contribution is 5.91. The van der Waals surface area contributed by atoms with Crippen LogP contribution < -0.4 is 5.73 Å². The van der Waals surface area contributed by atoms with Crippen molar-refractivity contribution < 1.29 is 4.79 Å². The van der Waals surface area contributed by atoms with Gasteiger partial charge in [-0.3, -0.25) is 4.79 Å². The molecule has 0 radical (unpaired) electrons. The molecule has 0 saturated heterocycles. The molecule has 0 unspecified atom stereocenters. The molecule has 1 amide bonds. The van der Waals surface area contributed by atoms with Gasteiger partial charge in [0.2, 0.25) is 0 Å². The highest BCUT2D eigenvalue weighted by atomic mass is 16.1. The largest absolute Gasteiger partial charge is 0.366 e. The zero-order valence-electron chi connectivity index (χ0n) is 6.77. The number of carbonyl (C=O) groups is 1. The van der Waals surface area contributed by atoms with Crippen molar-refractivity contribution in [1.29, 1.82) is 0 Å². The first kappa shape index (κ1) is 7.60. The number of nitrogens with zero attached hydrogens (tertiary/aromatic N) is 2. The van der Waals surface area contributed by atoms with Crippen LogP contribution in [0.3, 0.4) is 0 Å². The van der Waals surface area contributed by atoms with Crippen LogP contribution in [0.1, 0.15) is 10.5 Å². The lowest BCUT2D eigenvalue weighted by Gasteiger charge is -1.99.